The monoisotopic (exact) mass is 311 g/mol. The molecule has 0 spiro atoms. The highest BCUT2D eigenvalue weighted by Crippen LogP contribution is 2.20. The van der Waals surface area contributed by atoms with Crippen LogP contribution in [0.1, 0.15) is 41.6 Å². The molecule has 0 heterocycles. The van der Waals surface area contributed by atoms with Gasteiger partial charge < -0.3 is 10.4 Å². The highest BCUT2D eigenvalue weighted by molar-refractivity contribution is 9.10. The van der Waals surface area contributed by atoms with Crippen molar-refractivity contribution >= 4 is 21.8 Å². The molecule has 0 bridgehead atoms. The molecule has 0 saturated heterocycles. The van der Waals surface area contributed by atoms with Gasteiger partial charge in [0.25, 0.3) is 5.91 Å². The summed E-state index contributed by atoms with van der Waals surface area (Å²) >= 11 is 3.38. The number of nitrogens with one attached hydrogen (secondary N) is 1. The first-order valence-electron chi connectivity index (χ1n) is 6.31. The van der Waals surface area contributed by atoms with Crippen LogP contribution in [0.2, 0.25) is 0 Å². The highest BCUT2D eigenvalue weighted by Gasteiger charge is 2.22. The van der Waals surface area contributed by atoms with E-state index in [1.165, 1.54) is 0 Å². The highest BCUT2D eigenvalue weighted by atomic mass is 79.9. The van der Waals surface area contributed by atoms with E-state index >= 15 is 0 Å². The molecule has 2 atom stereocenters. The van der Waals surface area contributed by atoms with E-state index < -0.39 is 0 Å². The van der Waals surface area contributed by atoms with Gasteiger partial charge in [-0.25, -0.2) is 0 Å². The number of hydrogen-bond acceptors (Lipinski definition) is 2. The standard InChI is InChI=1S/C14H18BrNO2/c1-9-5-6-10(15)7-13(9)14(18)16-11-3-2-4-12(17)8-11/h5-7,11-12,17H,2-4,8H2,1H3,(H,16,18). The second-order valence-corrected chi connectivity index (χ2v) is 5.87. The summed E-state index contributed by atoms with van der Waals surface area (Å²) in [7, 11) is 0. The molecule has 0 radical (unpaired) electrons. The van der Waals surface area contributed by atoms with E-state index in [1.54, 1.807) is 0 Å². The zero-order valence-corrected chi connectivity index (χ0v) is 12.0. The minimum Gasteiger partial charge on any atom is -0.393 e. The Kier molecular flexibility index (Phi) is 4.40. The summed E-state index contributed by atoms with van der Waals surface area (Å²) in [5, 5.41) is 12.6. The molecule has 1 aromatic carbocycles. The first kappa shape index (κ1) is 13.6. The van der Waals surface area contributed by atoms with Crippen molar-refractivity contribution in [1.29, 1.82) is 0 Å². The molecule has 1 aromatic rings. The lowest BCUT2D eigenvalue weighted by molar-refractivity contribution is 0.0849. The summed E-state index contributed by atoms with van der Waals surface area (Å²) in [5.74, 6) is -0.0482. The summed E-state index contributed by atoms with van der Waals surface area (Å²) < 4.78 is 0.905. The third-order valence-corrected chi connectivity index (χ3v) is 3.92. The molecule has 18 heavy (non-hydrogen) atoms. The Morgan fingerprint density at radius 2 is 2.22 bits per heavy atom. The molecule has 0 aliphatic heterocycles. The fourth-order valence-electron chi connectivity index (χ4n) is 2.40. The number of aliphatic hydroxyl groups is 1. The normalized spacial score (nSPS) is 23.7. The molecule has 1 amide bonds. The van der Waals surface area contributed by atoms with Crippen molar-refractivity contribution in [2.24, 2.45) is 0 Å². The molecule has 1 aliphatic rings. The van der Waals surface area contributed by atoms with E-state index in [4.69, 9.17) is 0 Å². The van der Waals surface area contributed by atoms with Crippen molar-refractivity contribution < 1.29 is 9.90 Å². The van der Waals surface area contributed by atoms with E-state index in [-0.39, 0.29) is 18.1 Å². The van der Waals surface area contributed by atoms with Crippen molar-refractivity contribution in [2.45, 2.75) is 44.8 Å². The van der Waals surface area contributed by atoms with Crippen molar-refractivity contribution in [3.8, 4) is 0 Å². The average Bonchev–Trinajstić information content (AvgIpc) is 2.32. The van der Waals surface area contributed by atoms with E-state index in [1.807, 2.05) is 25.1 Å². The summed E-state index contributed by atoms with van der Waals surface area (Å²) in [5.41, 5.74) is 1.66. The maximum Gasteiger partial charge on any atom is 0.251 e. The van der Waals surface area contributed by atoms with Gasteiger partial charge in [-0.15, -0.1) is 0 Å². The fourth-order valence-corrected chi connectivity index (χ4v) is 2.76. The van der Waals surface area contributed by atoms with E-state index in [0.717, 1.165) is 29.3 Å². The lowest BCUT2D eigenvalue weighted by Crippen LogP contribution is -2.40. The lowest BCUT2D eigenvalue weighted by Gasteiger charge is -2.26. The van der Waals surface area contributed by atoms with Crippen LogP contribution in [-0.2, 0) is 0 Å². The molecule has 0 aromatic heterocycles. The number of aryl methyl sites for hydroxylation is 1. The van der Waals surface area contributed by atoms with Gasteiger partial charge in [-0.3, -0.25) is 4.79 Å². The third-order valence-electron chi connectivity index (χ3n) is 3.43. The smallest absolute Gasteiger partial charge is 0.251 e. The van der Waals surface area contributed by atoms with Crippen molar-refractivity contribution in [1.82, 2.24) is 5.32 Å². The quantitative estimate of drug-likeness (QED) is 0.882. The third kappa shape index (κ3) is 3.33. The number of hydrogen-bond donors (Lipinski definition) is 2. The molecule has 1 saturated carbocycles. The number of benzene rings is 1. The minimum absolute atomic E-state index is 0.0482. The van der Waals surface area contributed by atoms with Gasteiger partial charge in [0.1, 0.15) is 0 Å². The number of aliphatic hydroxyl groups excluding tert-OH is 1. The van der Waals surface area contributed by atoms with Crippen LogP contribution in [-0.4, -0.2) is 23.2 Å². The zero-order valence-electron chi connectivity index (χ0n) is 10.4. The molecule has 4 heteroatoms. The van der Waals surface area contributed by atoms with E-state index in [0.29, 0.717) is 12.0 Å². The SMILES string of the molecule is Cc1ccc(Br)cc1C(=O)NC1CCCC(O)C1. The fraction of sp³-hybridized carbons (Fsp3) is 0.500. The average molecular weight is 312 g/mol. The maximum atomic E-state index is 12.2. The maximum absolute atomic E-state index is 12.2. The molecule has 2 unspecified atom stereocenters. The van der Waals surface area contributed by atoms with Crippen LogP contribution in [0.25, 0.3) is 0 Å². The summed E-state index contributed by atoms with van der Waals surface area (Å²) in [6.45, 7) is 1.93. The number of amides is 1. The van der Waals surface area contributed by atoms with Gasteiger partial charge in [0.2, 0.25) is 0 Å². The Labute approximate surface area is 116 Å². The number of carbonyl (C=O) groups is 1. The molecular weight excluding hydrogens is 294 g/mol. The summed E-state index contributed by atoms with van der Waals surface area (Å²) in [6.07, 6.45) is 3.17. The lowest BCUT2D eigenvalue weighted by atomic mass is 9.92. The molecule has 1 aliphatic carbocycles. The van der Waals surface area contributed by atoms with Crippen LogP contribution >= 0.6 is 15.9 Å². The van der Waals surface area contributed by atoms with Gasteiger partial charge in [0.15, 0.2) is 0 Å². The predicted molar refractivity (Wildman–Crippen MR) is 74.6 cm³/mol. The molecular formula is C14H18BrNO2. The van der Waals surface area contributed by atoms with Crippen LogP contribution in [0.3, 0.4) is 0 Å². The zero-order chi connectivity index (χ0) is 13.1. The molecule has 2 N–H and O–H groups in total. The van der Waals surface area contributed by atoms with Crippen LogP contribution in [0, 0.1) is 6.92 Å². The summed E-state index contributed by atoms with van der Waals surface area (Å²) in [6, 6.07) is 5.79. The van der Waals surface area contributed by atoms with Gasteiger partial charge >= 0.3 is 0 Å². The van der Waals surface area contributed by atoms with Crippen LogP contribution < -0.4 is 5.32 Å². The van der Waals surface area contributed by atoms with Gasteiger partial charge in [0, 0.05) is 16.1 Å². The van der Waals surface area contributed by atoms with Gasteiger partial charge in [-0.1, -0.05) is 22.0 Å². The van der Waals surface area contributed by atoms with Crippen molar-refractivity contribution in [3.05, 3.63) is 33.8 Å². The number of rotatable bonds is 2. The van der Waals surface area contributed by atoms with Gasteiger partial charge in [-0.2, -0.15) is 0 Å². The largest absolute Gasteiger partial charge is 0.393 e. The predicted octanol–water partition coefficient (Wildman–Crippen LogP) is 2.79. The van der Waals surface area contributed by atoms with E-state index in [2.05, 4.69) is 21.2 Å². The molecule has 1 fully saturated rings. The van der Waals surface area contributed by atoms with Crippen molar-refractivity contribution in [3.63, 3.8) is 0 Å². The molecule has 2 rings (SSSR count). The number of halogens is 1. The van der Waals surface area contributed by atoms with Crippen LogP contribution in [0.5, 0.6) is 0 Å². The topological polar surface area (TPSA) is 49.3 Å². The Balaban J connectivity index is 2.05. The Morgan fingerprint density at radius 3 is 2.94 bits per heavy atom. The van der Waals surface area contributed by atoms with Gasteiger partial charge in [0.05, 0.1) is 6.10 Å². The van der Waals surface area contributed by atoms with E-state index in [9.17, 15) is 9.90 Å². The second kappa shape index (κ2) is 5.85. The Bertz CT molecular complexity index is 447. The minimum atomic E-state index is -0.271. The number of carbonyl (C=O) groups excluding carboxylic acids is 1. The molecule has 3 nitrogen and oxygen atoms in total. The summed E-state index contributed by atoms with van der Waals surface area (Å²) in [4.78, 5) is 12.2. The second-order valence-electron chi connectivity index (χ2n) is 4.95. The van der Waals surface area contributed by atoms with Crippen LogP contribution in [0.15, 0.2) is 22.7 Å². The van der Waals surface area contributed by atoms with Gasteiger partial charge in [-0.05, 0) is 50.3 Å². The first-order chi connectivity index (χ1) is 8.56. The Morgan fingerprint density at radius 1 is 1.44 bits per heavy atom. The van der Waals surface area contributed by atoms with Crippen LogP contribution in [0.4, 0.5) is 0 Å². The Hall–Kier alpha value is -0.870. The van der Waals surface area contributed by atoms with Crippen molar-refractivity contribution in [2.75, 3.05) is 0 Å². The first-order valence-corrected chi connectivity index (χ1v) is 7.10. The molecule has 98 valence electrons.